The highest BCUT2D eigenvalue weighted by Crippen LogP contribution is 2.21. The normalized spacial score (nSPS) is 14.4. The van der Waals surface area contributed by atoms with E-state index in [4.69, 9.17) is 0 Å². The lowest BCUT2D eigenvalue weighted by Crippen LogP contribution is -2.20. The SMILES string of the molecule is CC(CNc1ccnc2cc(Br)cnc12)S(C)=O. The summed E-state index contributed by atoms with van der Waals surface area (Å²) in [6.45, 7) is 2.61. The minimum Gasteiger partial charge on any atom is -0.382 e. The monoisotopic (exact) mass is 327 g/mol. The molecule has 0 fully saturated rings. The van der Waals surface area contributed by atoms with E-state index in [1.54, 1.807) is 18.6 Å². The van der Waals surface area contributed by atoms with Crippen molar-refractivity contribution in [1.82, 2.24) is 9.97 Å². The molecule has 0 aliphatic carbocycles. The lowest BCUT2D eigenvalue weighted by atomic mass is 10.3. The fourth-order valence-electron chi connectivity index (χ4n) is 1.52. The first kappa shape index (κ1) is 13.4. The number of anilines is 1. The Morgan fingerprint density at radius 1 is 1.50 bits per heavy atom. The van der Waals surface area contributed by atoms with Crippen molar-refractivity contribution in [2.75, 3.05) is 18.1 Å². The van der Waals surface area contributed by atoms with E-state index < -0.39 is 10.8 Å². The number of fused-ring (bicyclic) bond motifs is 1. The highest BCUT2D eigenvalue weighted by molar-refractivity contribution is 9.10. The van der Waals surface area contributed by atoms with Crippen molar-refractivity contribution in [1.29, 1.82) is 0 Å². The summed E-state index contributed by atoms with van der Waals surface area (Å²) in [6.07, 6.45) is 5.20. The summed E-state index contributed by atoms with van der Waals surface area (Å²) < 4.78 is 12.2. The van der Waals surface area contributed by atoms with Crippen LogP contribution in [0.3, 0.4) is 0 Å². The van der Waals surface area contributed by atoms with Gasteiger partial charge in [-0.25, -0.2) is 0 Å². The number of hydrogen-bond acceptors (Lipinski definition) is 4. The van der Waals surface area contributed by atoms with Gasteiger partial charge in [0.1, 0.15) is 5.52 Å². The Labute approximate surface area is 117 Å². The van der Waals surface area contributed by atoms with Gasteiger partial charge in [-0.2, -0.15) is 0 Å². The van der Waals surface area contributed by atoms with Gasteiger partial charge in [-0.05, 0) is 35.0 Å². The largest absolute Gasteiger partial charge is 0.382 e. The molecule has 2 rings (SSSR count). The maximum absolute atomic E-state index is 11.3. The molecule has 18 heavy (non-hydrogen) atoms. The maximum Gasteiger partial charge on any atom is 0.112 e. The molecule has 0 radical (unpaired) electrons. The number of nitrogens with zero attached hydrogens (tertiary/aromatic N) is 2. The molecule has 2 atom stereocenters. The van der Waals surface area contributed by atoms with E-state index in [0.717, 1.165) is 21.2 Å². The Bertz CT molecular complexity index is 591. The van der Waals surface area contributed by atoms with Crippen LogP contribution in [0, 0.1) is 0 Å². The molecule has 2 aromatic heterocycles. The first-order valence-corrected chi connectivity index (χ1v) is 7.95. The summed E-state index contributed by atoms with van der Waals surface area (Å²) in [7, 11) is -0.827. The number of rotatable bonds is 4. The number of halogens is 1. The molecule has 2 unspecified atom stereocenters. The number of nitrogens with one attached hydrogen (secondary N) is 1. The van der Waals surface area contributed by atoms with Gasteiger partial charge in [0, 0.05) is 45.7 Å². The summed E-state index contributed by atoms with van der Waals surface area (Å²) in [5.74, 6) is 0. The Kier molecular flexibility index (Phi) is 4.29. The summed E-state index contributed by atoms with van der Waals surface area (Å²) in [4.78, 5) is 8.63. The van der Waals surface area contributed by atoms with E-state index in [1.165, 1.54) is 0 Å². The van der Waals surface area contributed by atoms with Crippen LogP contribution < -0.4 is 5.32 Å². The van der Waals surface area contributed by atoms with Crippen LogP contribution >= 0.6 is 15.9 Å². The quantitative estimate of drug-likeness (QED) is 0.937. The molecule has 2 heterocycles. The molecule has 4 nitrogen and oxygen atoms in total. The van der Waals surface area contributed by atoms with Crippen molar-refractivity contribution in [3.63, 3.8) is 0 Å². The van der Waals surface area contributed by atoms with Crippen molar-refractivity contribution in [3.8, 4) is 0 Å². The Morgan fingerprint density at radius 2 is 2.28 bits per heavy atom. The Balaban J connectivity index is 2.26. The zero-order valence-corrected chi connectivity index (χ0v) is 12.6. The molecule has 6 heteroatoms. The first-order chi connectivity index (χ1) is 8.58. The topological polar surface area (TPSA) is 54.9 Å². The molecule has 0 spiro atoms. The second-order valence-corrected chi connectivity index (χ2v) is 6.79. The van der Waals surface area contributed by atoms with Gasteiger partial charge in [-0.1, -0.05) is 0 Å². The average molecular weight is 328 g/mol. The van der Waals surface area contributed by atoms with E-state index in [2.05, 4.69) is 31.2 Å². The Hall–Kier alpha value is -1.01. The predicted molar refractivity (Wildman–Crippen MR) is 79.3 cm³/mol. The second kappa shape index (κ2) is 5.75. The molecular formula is C12H14BrN3OS. The molecule has 0 saturated heterocycles. The van der Waals surface area contributed by atoms with Crippen molar-refractivity contribution in [2.45, 2.75) is 12.2 Å². The smallest absolute Gasteiger partial charge is 0.112 e. The van der Waals surface area contributed by atoms with Gasteiger partial charge < -0.3 is 5.32 Å². The van der Waals surface area contributed by atoms with E-state index in [0.29, 0.717) is 6.54 Å². The van der Waals surface area contributed by atoms with Crippen LogP contribution in [0.2, 0.25) is 0 Å². The molecule has 0 bridgehead atoms. The number of hydrogen-bond donors (Lipinski definition) is 1. The third kappa shape index (κ3) is 3.05. The molecular weight excluding hydrogens is 314 g/mol. The third-order valence-electron chi connectivity index (χ3n) is 2.69. The van der Waals surface area contributed by atoms with Crippen LogP contribution in [-0.4, -0.2) is 32.2 Å². The number of pyridine rings is 2. The first-order valence-electron chi connectivity index (χ1n) is 5.54. The Morgan fingerprint density at radius 3 is 3.00 bits per heavy atom. The number of aromatic nitrogens is 2. The van der Waals surface area contributed by atoms with Gasteiger partial charge in [0.05, 0.1) is 11.2 Å². The fourth-order valence-corrected chi connectivity index (χ4v) is 2.16. The minimum absolute atomic E-state index is 0.101. The van der Waals surface area contributed by atoms with Gasteiger partial charge >= 0.3 is 0 Å². The predicted octanol–water partition coefficient (Wildman–Crippen LogP) is 2.57. The van der Waals surface area contributed by atoms with Gasteiger partial charge in [-0.3, -0.25) is 14.2 Å². The molecule has 0 aliphatic rings. The molecule has 96 valence electrons. The summed E-state index contributed by atoms with van der Waals surface area (Å²) in [5.41, 5.74) is 2.58. The second-order valence-electron chi connectivity index (χ2n) is 4.07. The van der Waals surface area contributed by atoms with Crippen LogP contribution in [0.25, 0.3) is 11.0 Å². The van der Waals surface area contributed by atoms with Crippen LogP contribution in [-0.2, 0) is 10.8 Å². The zero-order valence-electron chi connectivity index (χ0n) is 10.2. The average Bonchev–Trinajstić information content (AvgIpc) is 2.35. The van der Waals surface area contributed by atoms with E-state index in [1.807, 2.05) is 19.1 Å². The van der Waals surface area contributed by atoms with Crippen LogP contribution in [0.15, 0.2) is 29.0 Å². The summed E-state index contributed by atoms with van der Waals surface area (Å²) in [5, 5.41) is 3.38. The van der Waals surface area contributed by atoms with Gasteiger partial charge in [0.2, 0.25) is 0 Å². The molecule has 0 aromatic carbocycles. The van der Waals surface area contributed by atoms with Crippen molar-refractivity contribution in [2.24, 2.45) is 0 Å². The van der Waals surface area contributed by atoms with Crippen molar-refractivity contribution < 1.29 is 4.21 Å². The lowest BCUT2D eigenvalue weighted by Gasteiger charge is -2.12. The van der Waals surface area contributed by atoms with Gasteiger partial charge in [0.15, 0.2) is 0 Å². The third-order valence-corrected chi connectivity index (χ3v) is 4.42. The maximum atomic E-state index is 11.3. The van der Waals surface area contributed by atoms with Crippen LogP contribution in [0.4, 0.5) is 5.69 Å². The van der Waals surface area contributed by atoms with Gasteiger partial charge in [-0.15, -0.1) is 0 Å². The van der Waals surface area contributed by atoms with Crippen LogP contribution in [0.1, 0.15) is 6.92 Å². The fraction of sp³-hybridized carbons (Fsp3) is 0.333. The molecule has 2 aromatic rings. The van der Waals surface area contributed by atoms with E-state index in [9.17, 15) is 4.21 Å². The summed E-state index contributed by atoms with van der Waals surface area (Å²) in [6, 6.07) is 3.81. The summed E-state index contributed by atoms with van der Waals surface area (Å²) >= 11 is 3.38. The highest BCUT2D eigenvalue weighted by Gasteiger charge is 2.08. The van der Waals surface area contributed by atoms with E-state index in [-0.39, 0.29) is 5.25 Å². The minimum atomic E-state index is -0.827. The van der Waals surface area contributed by atoms with Crippen molar-refractivity contribution in [3.05, 3.63) is 29.0 Å². The molecule has 1 N–H and O–H groups in total. The molecule has 0 aliphatic heterocycles. The van der Waals surface area contributed by atoms with Crippen LogP contribution in [0.5, 0.6) is 0 Å². The van der Waals surface area contributed by atoms with E-state index >= 15 is 0 Å². The molecule has 0 saturated carbocycles. The standard InChI is InChI=1S/C12H14BrN3OS/c1-8(18(2)17)6-15-10-3-4-14-11-5-9(13)7-16-12(10)11/h3-5,7-8H,6H2,1-2H3,(H,14,15). The molecule has 0 amide bonds. The zero-order chi connectivity index (χ0) is 13.1. The van der Waals surface area contributed by atoms with Gasteiger partial charge in [0.25, 0.3) is 0 Å². The van der Waals surface area contributed by atoms with Crippen molar-refractivity contribution >= 4 is 43.5 Å². The lowest BCUT2D eigenvalue weighted by molar-refractivity contribution is 0.679. The highest BCUT2D eigenvalue weighted by atomic mass is 79.9.